The van der Waals surface area contributed by atoms with E-state index in [4.69, 9.17) is 21.1 Å². The normalized spacial score (nSPS) is 10.8. The van der Waals surface area contributed by atoms with E-state index in [9.17, 15) is 10.1 Å². The smallest absolute Gasteiger partial charge is 0.267 e. The van der Waals surface area contributed by atoms with Crippen molar-refractivity contribution in [1.29, 1.82) is 5.26 Å². The molecule has 0 spiro atoms. The van der Waals surface area contributed by atoms with Crippen LogP contribution in [0, 0.1) is 11.3 Å². The number of rotatable bonds is 9. The lowest BCUT2D eigenvalue weighted by Crippen LogP contribution is -2.14. The van der Waals surface area contributed by atoms with Crippen molar-refractivity contribution in [2.45, 2.75) is 13.5 Å². The minimum Gasteiger partial charge on any atom is -0.493 e. The average molecular weight is 528 g/mol. The van der Waals surface area contributed by atoms with Crippen LogP contribution < -0.4 is 20.1 Å². The second-order valence-electron chi connectivity index (χ2n) is 6.60. The third kappa shape index (κ3) is 6.97. The number of hydrogen-bond donors (Lipinski definition) is 2. The molecule has 7 nitrogen and oxygen atoms in total. The zero-order chi connectivity index (χ0) is 23.6. The number of nitrogens with zero attached hydrogens (tertiary/aromatic N) is 2. The van der Waals surface area contributed by atoms with Gasteiger partial charge in [0.2, 0.25) is 0 Å². The third-order valence-electron chi connectivity index (χ3n) is 4.27. The van der Waals surface area contributed by atoms with E-state index in [0.717, 1.165) is 10.2 Å². The van der Waals surface area contributed by atoms with Gasteiger partial charge in [0.15, 0.2) is 0 Å². The fourth-order valence-electron chi connectivity index (χ4n) is 2.69. The van der Waals surface area contributed by atoms with Crippen LogP contribution in [0.5, 0.6) is 11.5 Å². The van der Waals surface area contributed by atoms with Crippen molar-refractivity contribution in [2.24, 2.45) is 0 Å². The first kappa shape index (κ1) is 24.1. The summed E-state index contributed by atoms with van der Waals surface area (Å²) >= 11 is 9.69. The first-order chi connectivity index (χ1) is 16.0. The molecule has 0 bridgehead atoms. The van der Waals surface area contributed by atoms with Gasteiger partial charge in [-0.25, -0.2) is 0 Å². The number of hydrogen-bond acceptors (Lipinski definition) is 6. The molecule has 1 amide bonds. The highest BCUT2D eigenvalue weighted by Gasteiger charge is 2.12. The summed E-state index contributed by atoms with van der Waals surface area (Å²) in [5.74, 6) is 0.530. The SMILES string of the molecule is CCOc1cc(N/C=C(\C#N)C(=O)Nc2ccc(OCc3ccccn3)c(Cl)c2)ccc1Br. The Morgan fingerprint density at radius 3 is 2.67 bits per heavy atom. The van der Waals surface area contributed by atoms with Gasteiger partial charge in [-0.1, -0.05) is 17.7 Å². The first-order valence-electron chi connectivity index (χ1n) is 9.93. The molecule has 33 heavy (non-hydrogen) atoms. The second-order valence-corrected chi connectivity index (χ2v) is 7.86. The van der Waals surface area contributed by atoms with Crippen LogP contribution in [0.15, 0.2) is 77.0 Å². The number of carbonyl (C=O) groups is 1. The van der Waals surface area contributed by atoms with Crippen molar-refractivity contribution >= 4 is 44.8 Å². The van der Waals surface area contributed by atoms with E-state index < -0.39 is 5.91 Å². The molecule has 2 N–H and O–H groups in total. The summed E-state index contributed by atoms with van der Waals surface area (Å²) in [4.78, 5) is 16.7. The number of anilines is 2. The van der Waals surface area contributed by atoms with Crippen LogP contribution in [0.25, 0.3) is 0 Å². The Morgan fingerprint density at radius 1 is 1.15 bits per heavy atom. The molecule has 3 rings (SSSR count). The minimum atomic E-state index is -0.578. The number of aromatic nitrogens is 1. The lowest BCUT2D eigenvalue weighted by Gasteiger charge is -2.11. The molecule has 0 fully saturated rings. The molecule has 0 saturated carbocycles. The molecule has 0 saturated heterocycles. The lowest BCUT2D eigenvalue weighted by molar-refractivity contribution is -0.112. The number of amides is 1. The van der Waals surface area contributed by atoms with Crippen molar-refractivity contribution in [1.82, 2.24) is 4.98 Å². The third-order valence-corrected chi connectivity index (χ3v) is 5.22. The number of halogens is 2. The van der Waals surface area contributed by atoms with Gasteiger partial charge in [0.1, 0.15) is 29.7 Å². The predicted molar refractivity (Wildman–Crippen MR) is 131 cm³/mol. The molecule has 0 unspecified atom stereocenters. The predicted octanol–water partition coefficient (Wildman–Crippen LogP) is 5.93. The Kier molecular flexibility index (Phi) is 8.70. The highest BCUT2D eigenvalue weighted by molar-refractivity contribution is 9.10. The minimum absolute atomic E-state index is 0.109. The molecule has 9 heteroatoms. The molecule has 1 aromatic heterocycles. The van der Waals surface area contributed by atoms with Crippen molar-refractivity contribution in [3.8, 4) is 17.6 Å². The standard InChI is InChI=1S/C24H20BrClN4O3/c1-2-32-23-12-17(6-8-20(23)25)29-14-16(13-27)24(31)30-18-7-9-22(21(26)11-18)33-15-19-5-3-4-10-28-19/h3-12,14,29H,2,15H2,1H3,(H,30,31)/b16-14+. The highest BCUT2D eigenvalue weighted by Crippen LogP contribution is 2.29. The Bertz CT molecular complexity index is 1200. The van der Waals surface area contributed by atoms with Gasteiger partial charge in [-0.15, -0.1) is 0 Å². The molecular weight excluding hydrogens is 508 g/mol. The van der Waals surface area contributed by atoms with Crippen molar-refractivity contribution in [3.63, 3.8) is 0 Å². The van der Waals surface area contributed by atoms with Gasteiger partial charge in [-0.05, 0) is 65.3 Å². The summed E-state index contributed by atoms with van der Waals surface area (Å²) in [6.07, 6.45) is 3.02. The fourth-order valence-corrected chi connectivity index (χ4v) is 3.29. The van der Waals surface area contributed by atoms with Gasteiger partial charge in [0.25, 0.3) is 5.91 Å². The maximum Gasteiger partial charge on any atom is 0.267 e. The molecule has 1 heterocycles. The van der Waals surface area contributed by atoms with Crippen molar-refractivity contribution < 1.29 is 14.3 Å². The van der Waals surface area contributed by atoms with Crippen molar-refractivity contribution in [2.75, 3.05) is 17.2 Å². The zero-order valence-electron chi connectivity index (χ0n) is 17.6. The van der Waals surface area contributed by atoms with Gasteiger partial charge < -0.3 is 20.1 Å². The van der Waals surface area contributed by atoms with E-state index in [0.29, 0.717) is 34.5 Å². The molecule has 0 radical (unpaired) electrons. The largest absolute Gasteiger partial charge is 0.493 e. The van der Waals surface area contributed by atoms with Crippen LogP contribution in [0.2, 0.25) is 5.02 Å². The molecule has 168 valence electrons. The fraction of sp³-hybridized carbons (Fsp3) is 0.125. The Hall–Kier alpha value is -3.54. The monoisotopic (exact) mass is 526 g/mol. The second kappa shape index (κ2) is 11.9. The highest BCUT2D eigenvalue weighted by atomic mass is 79.9. The summed E-state index contributed by atoms with van der Waals surface area (Å²) in [6, 6.07) is 17.6. The molecule has 0 aliphatic rings. The van der Waals surface area contributed by atoms with Gasteiger partial charge >= 0.3 is 0 Å². The number of nitriles is 1. The van der Waals surface area contributed by atoms with E-state index in [1.54, 1.807) is 36.5 Å². The molecule has 0 atom stereocenters. The van der Waals surface area contributed by atoms with E-state index in [1.165, 1.54) is 6.20 Å². The van der Waals surface area contributed by atoms with E-state index in [1.807, 2.05) is 37.3 Å². The van der Waals surface area contributed by atoms with Gasteiger partial charge in [0.05, 0.1) is 21.8 Å². The van der Waals surface area contributed by atoms with Gasteiger partial charge in [-0.2, -0.15) is 5.26 Å². The molecule has 3 aromatic rings. The van der Waals surface area contributed by atoms with Crippen LogP contribution in [0.4, 0.5) is 11.4 Å². The van der Waals surface area contributed by atoms with Crippen LogP contribution in [-0.2, 0) is 11.4 Å². The first-order valence-corrected chi connectivity index (χ1v) is 11.1. The summed E-state index contributed by atoms with van der Waals surface area (Å²) in [5.41, 5.74) is 1.75. The lowest BCUT2D eigenvalue weighted by atomic mass is 10.2. The summed E-state index contributed by atoms with van der Waals surface area (Å²) in [6.45, 7) is 2.66. The molecule has 2 aromatic carbocycles. The summed E-state index contributed by atoms with van der Waals surface area (Å²) in [5, 5.41) is 15.3. The number of pyridine rings is 1. The molecule has 0 aliphatic carbocycles. The molecular formula is C24H20BrClN4O3. The van der Waals surface area contributed by atoms with E-state index >= 15 is 0 Å². The summed E-state index contributed by atoms with van der Waals surface area (Å²) in [7, 11) is 0. The van der Waals surface area contributed by atoms with Crippen molar-refractivity contribution in [3.05, 3.63) is 87.8 Å². The topological polar surface area (TPSA) is 96.3 Å². The molecule has 0 aliphatic heterocycles. The number of benzene rings is 2. The Balaban J connectivity index is 1.63. The average Bonchev–Trinajstić information content (AvgIpc) is 2.82. The Morgan fingerprint density at radius 2 is 1.97 bits per heavy atom. The number of nitrogens with one attached hydrogen (secondary N) is 2. The number of ether oxygens (including phenoxy) is 2. The van der Waals surface area contributed by atoms with Crippen LogP contribution in [0.1, 0.15) is 12.6 Å². The Labute approximate surface area is 205 Å². The zero-order valence-corrected chi connectivity index (χ0v) is 20.0. The maximum atomic E-state index is 12.5. The number of carbonyl (C=O) groups excluding carboxylic acids is 1. The van der Waals surface area contributed by atoms with Crippen LogP contribution in [0.3, 0.4) is 0 Å². The van der Waals surface area contributed by atoms with E-state index in [2.05, 4.69) is 31.5 Å². The summed E-state index contributed by atoms with van der Waals surface area (Å²) < 4.78 is 12.0. The van der Waals surface area contributed by atoms with E-state index in [-0.39, 0.29) is 12.2 Å². The maximum absolute atomic E-state index is 12.5. The van der Waals surface area contributed by atoms with Gasteiger partial charge in [-0.3, -0.25) is 9.78 Å². The van der Waals surface area contributed by atoms with Crippen LogP contribution >= 0.6 is 27.5 Å². The van der Waals surface area contributed by atoms with Gasteiger partial charge in [0, 0.05) is 29.8 Å². The quantitative estimate of drug-likeness (QED) is 0.264. The van der Waals surface area contributed by atoms with Crippen LogP contribution in [-0.4, -0.2) is 17.5 Å².